The first kappa shape index (κ1) is 13.1. The lowest BCUT2D eigenvalue weighted by atomic mass is 10.0. The molecule has 0 saturated carbocycles. The molecule has 18 heavy (non-hydrogen) atoms. The first-order valence-electron chi connectivity index (χ1n) is 6.24. The minimum absolute atomic E-state index is 0.256. The van der Waals surface area contributed by atoms with Crippen LogP contribution < -0.4 is 10.1 Å². The first-order valence-corrected chi connectivity index (χ1v) is 7.19. The number of rotatable bonds is 6. The Hall–Kier alpha value is -1.32. The lowest BCUT2D eigenvalue weighted by Crippen LogP contribution is -2.22. The summed E-state index contributed by atoms with van der Waals surface area (Å²) in [5.74, 6) is 0.908. The summed E-state index contributed by atoms with van der Waals surface area (Å²) >= 11 is 1.73. The summed E-state index contributed by atoms with van der Waals surface area (Å²) in [4.78, 5) is 0. The van der Waals surface area contributed by atoms with E-state index in [1.807, 2.05) is 12.1 Å². The Morgan fingerprint density at radius 2 is 2.17 bits per heavy atom. The van der Waals surface area contributed by atoms with Crippen LogP contribution in [0.5, 0.6) is 5.75 Å². The zero-order chi connectivity index (χ0) is 12.8. The van der Waals surface area contributed by atoms with Crippen molar-refractivity contribution in [1.82, 2.24) is 5.32 Å². The van der Waals surface area contributed by atoms with E-state index in [1.165, 1.54) is 11.1 Å². The summed E-state index contributed by atoms with van der Waals surface area (Å²) in [6.07, 6.45) is 1.13. The highest BCUT2D eigenvalue weighted by Crippen LogP contribution is 2.26. The van der Waals surface area contributed by atoms with Crippen molar-refractivity contribution in [3.63, 3.8) is 0 Å². The second-order valence-corrected chi connectivity index (χ2v) is 5.00. The van der Waals surface area contributed by atoms with Gasteiger partial charge >= 0.3 is 0 Å². The van der Waals surface area contributed by atoms with Gasteiger partial charge < -0.3 is 10.1 Å². The highest BCUT2D eigenvalue weighted by atomic mass is 32.1. The third kappa shape index (κ3) is 3.12. The molecule has 1 unspecified atom stereocenters. The van der Waals surface area contributed by atoms with E-state index in [9.17, 15) is 0 Å². The van der Waals surface area contributed by atoms with Crippen molar-refractivity contribution in [2.75, 3.05) is 13.7 Å². The number of ether oxygens (including phenoxy) is 1. The maximum Gasteiger partial charge on any atom is 0.119 e. The molecule has 0 radical (unpaired) electrons. The molecule has 1 aromatic heterocycles. The van der Waals surface area contributed by atoms with Gasteiger partial charge in [0.25, 0.3) is 0 Å². The van der Waals surface area contributed by atoms with Crippen molar-refractivity contribution >= 4 is 11.3 Å². The van der Waals surface area contributed by atoms with Gasteiger partial charge in [-0.15, -0.1) is 0 Å². The summed E-state index contributed by atoms with van der Waals surface area (Å²) < 4.78 is 5.30. The van der Waals surface area contributed by atoms with Crippen LogP contribution in [0.15, 0.2) is 41.1 Å². The molecule has 0 aliphatic rings. The predicted octanol–water partition coefficient (Wildman–Crippen LogP) is 3.85. The van der Waals surface area contributed by atoms with Crippen molar-refractivity contribution in [3.8, 4) is 5.75 Å². The molecule has 2 aromatic rings. The monoisotopic (exact) mass is 261 g/mol. The lowest BCUT2D eigenvalue weighted by Gasteiger charge is -2.18. The highest BCUT2D eigenvalue weighted by Gasteiger charge is 2.14. The van der Waals surface area contributed by atoms with E-state index in [0.29, 0.717) is 0 Å². The van der Waals surface area contributed by atoms with Gasteiger partial charge in [0.1, 0.15) is 5.75 Å². The lowest BCUT2D eigenvalue weighted by molar-refractivity contribution is 0.413. The molecule has 3 heteroatoms. The predicted molar refractivity (Wildman–Crippen MR) is 77.4 cm³/mol. The highest BCUT2D eigenvalue weighted by molar-refractivity contribution is 7.08. The van der Waals surface area contributed by atoms with Crippen LogP contribution in [0.1, 0.15) is 30.5 Å². The zero-order valence-electron chi connectivity index (χ0n) is 10.8. The van der Waals surface area contributed by atoms with E-state index in [2.05, 4.69) is 41.2 Å². The standard InChI is InChI=1S/C15H19NOS/c1-3-8-16-15(13-7-9-18-11-13)12-5-4-6-14(10-12)17-2/h4-7,9-11,15-16H,3,8H2,1-2H3. The molecule has 0 bridgehead atoms. The van der Waals surface area contributed by atoms with E-state index in [0.717, 1.165) is 18.7 Å². The maximum atomic E-state index is 5.30. The van der Waals surface area contributed by atoms with Crippen molar-refractivity contribution in [2.45, 2.75) is 19.4 Å². The first-order chi connectivity index (χ1) is 8.85. The topological polar surface area (TPSA) is 21.3 Å². The molecule has 2 rings (SSSR count). The van der Waals surface area contributed by atoms with Gasteiger partial charge in [-0.3, -0.25) is 0 Å². The van der Waals surface area contributed by atoms with Gasteiger partial charge in [0, 0.05) is 0 Å². The molecular weight excluding hydrogens is 242 g/mol. The molecule has 0 spiro atoms. The number of nitrogens with one attached hydrogen (secondary N) is 1. The minimum atomic E-state index is 0.256. The van der Waals surface area contributed by atoms with Crippen LogP contribution in [0.2, 0.25) is 0 Å². The number of hydrogen-bond donors (Lipinski definition) is 1. The third-order valence-electron chi connectivity index (χ3n) is 2.90. The number of hydrogen-bond acceptors (Lipinski definition) is 3. The van der Waals surface area contributed by atoms with Crippen molar-refractivity contribution in [1.29, 1.82) is 0 Å². The van der Waals surface area contributed by atoms with Crippen LogP contribution in [-0.4, -0.2) is 13.7 Å². The molecule has 0 aliphatic heterocycles. The van der Waals surface area contributed by atoms with Crippen molar-refractivity contribution in [2.24, 2.45) is 0 Å². The molecule has 2 nitrogen and oxygen atoms in total. The van der Waals surface area contributed by atoms with Gasteiger partial charge in [-0.25, -0.2) is 0 Å². The molecule has 1 heterocycles. The molecule has 1 atom stereocenters. The Morgan fingerprint density at radius 1 is 1.28 bits per heavy atom. The van der Waals surface area contributed by atoms with Gasteiger partial charge in [0.2, 0.25) is 0 Å². The van der Waals surface area contributed by atoms with E-state index < -0.39 is 0 Å². The van der Waals surface area contributed by atoms with E-state index >= 15 is 0 Å². The summed E-state index contributed by atoms with van der Waals surface area (Å²) in [6, 6.07) is 10.7. The van der Waals surface area contributed by atoms with Gasteiger partial charge in [-0.1, -0.05) is 19.1 Å². The molecule has 0 aliphatic carbocycles. The van der Waals surface area contributed by atoms with Gasteiger partial charge in [-0.05, 0) is 53.1 Å². The van der Waals surface area contributed by atoms with Crippen LogP contribution in [0.4, 0.5) is 0 Å². The average Bonchev–Trinajstić information content (AvgIpc) is 2.93. The number of benzene rings is 1. The molecule has 0 fully saturated rings. The van der Waals surface area contributed by atoms with Crippen LogP contribution in [0.25, 0.3) is 0 Å². The second kappa shape index (κ2) is 6.57. The van der Waals surface area contributed by atoms with Gasteiger partial charge in [0.15, 0.2) is 0 Å². The van der Waals surface area contributed by atoms with Crippen molar-refractivity contribution < 1.29 is 4.74 Å². The quantitative estimate of drug-likeness (QED) is 0.853. The fourth-order valence-electron chi connectivity index (χ4n) is 1.98. The zero-order valence-corrected chi connectivity index (χ0v) is 11.7. The van der Waals surface area contributed by atoms with E-state index in [1.54, 1.807) is 18.4 Å². The summed E-state index contributed by atoms with van der Waals surface area (Å²) in [6.45, 7) is 3.20. The average molecular weight is 261 g/mol. The maximum absolute atomic E-state index is 5.30. The van der Waals surface area contributed by atoms with Crippen LogP contribution in [0.3, 0.4) is 0 Å². The van der Waals surface area contributed by atoms with Crippen LogP contribution >= 0.6 is 11.3 Å². The molecular formula is C15H19NOS. The molecule has 96 valence electrons. The normalized spacial score (nSPS) is 12.3. The fraction of sp³-hybridized carbons (Fsp3) is 0.333. The molecule has 0 saturated heterocycles. The molecule has 0 amide bonds. The third-order valence-corrected chi connectivity index (χ3v) is 3.60. The van der Waals surface area contributed by atoms with Gasteiger partial charge in [0.05, 0.1) is 13.2 Å². The number of thiophene rings is 1. The van der Waals surface area contributed by atoms with Crippen LogP contribution in [-0.2, 0) is 0 Å². The van der Waals surface area contributed by atoms with Gasteiger partial charge in [-0.2, -0.15) is 11.3 Å². The Morgan fingerprint density at radius 3 is 2.83 bits per heavy atom. The van der Waals surface area contributed by atoms with E-state index in [-0.39, 0.29) is 6.04 Å². The molecule has 1 N–H and O–H groups in total. The largest absolute Gasteiger partial charge is 0.497 e. The second-order valence-electron chi connectivity index (χ2n) is 4.22. The minimum Gasteiger partial charge on any atom is -0.497 e. The summed E-state index contributed by atoms with van der Waals surface area (Å²) in [5, 5.41) is 7.91. The molecule has 1 aromatic carbocycles. The van der Waals surface area contributed by atoms with Crippen molar-refractivity contribution in [3.05, 3.63) is 52.2 Å². The van der Waals surface area contributed by atoms with Crippen LogP contribution in [0, 0.1) is 0 Å². The smallest absolute Gasteiger partial charge is 0.119 e. The van der Waals surface area contributed by atoms with E-state index in [4.69, 9.17) is 4.74 Å². The summed E-state index contributed by atoms with van der Waals surface area (Å²) in [5.41, 5.74) is 2.57. The fourth-order valence-corrected chi connectivity index (χ4v) is 2.66. The Bertz CT molecular complexity index is 467. The number of methoxy groups -OCH3 is 1. The summed E-state index contributed by atoms with van der Waals surface area (Å²) in [7, 11) is 1.71. The Balaban J connectivity index is 2.27. The Labute approximate surface area is 113 Å². The Kier molecular flexibility index (Phi) is 4.79. The SMILES string of the molecule is CCCNC(c1ccsc1)c1cccc(OC)c1.